The maximum atomic E-state index is 17.4. The van der Waals surface area contributed by atoms with E-state index in [1.807, 2.05) is 34.6 Å². The average molecular weight is 1000 g/mol. The van der Waals surface area contributed by atoms with Gasteiger partial charge in [0.05, 0.1) is 11.5 Å². The molecular weight excluding hydrogens is 935 g/mol. The number of hydrogen-bond donors (Lipinski definition) is 2. The molecule has 2 aliphatic carbocycles. The van der Waals surface area contributed by atoms with Crippen LogP contribution in [0.4, 0.5) is 17.6 Å². The summed E-state index contributed by atoms with van der Waals surface area (Å²) in [5, 5.41) is 0.125. The first-order valence-corrected chi connectivity index (χ1v) is 27.9. The number of halogens is 4. The van der Waals surface area contributed by atoms with Crippen LogP contribution in [0.15, 0.2) is 21.9 Å². The Morgan fingerprint density at radius 2 is 1.41 bits per heavy atom. The number of carbonyl (C=O) groups excluding carboxylic acids is 2. The third kappa shape index (κ3) is 10.4. The normalized spacial score (nSPS) is 18.1. The van der Waals surface area contributed by atoms with Gasteiger partial charge in [-0.15, -0.1) is 0 Å². The number of nitrogens with one attached hydrogen (secondary N) is 2. The summed E-state index contributed by atoms with van der Waals surface area (Å²) in [5.41, 5.74) is -1.29. The van der Waals surface area contributed by atoms with Crippen molar-refractivity contribution >= 4 is 43.6 Å². The number of nitrogens with zero attached hydrogens (tertiary/aromatic N) is 1. The number of likely N-dealkylation sites (tertiary alicyclic amines) is 1. The Kier molecular flexibility index (Phi) is 16.4. The standard InChI is InChI=1S/C52H67F4N3O8S2/c1-8-12-19-32(10-3)57-68(62,63)49-35-21-15-14-18-31(35)27-38-40(41-42(44(54)46(56)45(55)43(41)53)51(60)59-25-23-34(24-26-59)66-52(61)29(5)6)39-28-37-30(7)17-16-22-36(37)50(48(39)67-47(38)49)69(64,65)58-33(11-4)20-13-9-2/h21,27-30,32-34,57-58H,8-20,22-26H2,1-7H3. The minimum absolute atomic E-state index is 0.118. The number of aryl methyl sites for hydroxylation is 1. The van der Waals surface area contributed by atoms with E-state index in [4.69, 9.17) is 9.47 Å². The van der Waals surface area contributed by atoms with Crippen molar-refractivity contribution in [1.82, 2.24) is 14.3 Å². The number of benzene rings is 3. The predicted molar refractivity (Wildman–Crippen MR) is 257 cm³/mol. The van der Waals surface area contributed by atoms with E-state index in [0.29, 0.717) is 80.9 Å². The van der Waals surface area contributed by atoms with Crippen molar-refractivity contribution in [2.75, 3.05) is 13.1 Å². The van der Waals surface area contributed by atoms with Crippen LogP contribution in [0.3, 0.4) is 0 Å². The van der Waals surface area contributed by atoms with Gasteiger partial charge >= 0.3 is 5.97 Å². The first-order valence-electron chi connectivity index (χ1n) is 25.0. The summed E-state index contributed by atoms with van der Waals surface area (Å²) in [5.74, 6) is -11.5. The van der Waals surface area contributed by atoms with Crippen molar-refractivity contribution in [2.24, 2.45) is 5.92 Å². The molecule has 3 unspecified atom stereocenters. The van der Waals surface area contributed by atoms with Gasteiger partial charge in [-0.3, -0.25) is 9.59 Å². The molecule has 378 valence electrons. The number of esters is 1. The third-order valence-corrected chi connectivity index (χ3v) is 17.5. The summed E-state index contributed by atoms with van der Waals surface area (Å²) in [6, 6.07) is 2.11. The lowest BCUT2D eigenvalue weighted by molar-refractivity contribution is -0.154. The molecule has 2 heterocycles. The fraction of sp³-hybridized carbons (Fsp3) is 0.577. The number of carbonyl (C=O) groups is 2. The number of unbranched alkanes of at least 4 members (excludes halogenated alkanes) is 2. The van der Waals surface area contributed by atoms with Gasteiger partial charge in [-0.1, -0.05) is 80.2 Å². The lowest BCUT2D eigenvalue weighted by Gasteiger charge is -2.34. The summed E-state index contributed by atoms with van der Waals surface area (Å²) in [6.07, 6.45) is 9.22. The van der Waals surface area contributed by atoms with Crippen molar-refractivity contribution in [3.05, 3.63) is 79.2 Å². The Morgan fingerprint density at radius 1 is 0.797 bits per heavy atom. The first-order chi connectivity index (χ1) is 32.8. The first kappa shape index (κ1) is 52.5. The molecule has 0 spiro atoms. The zero-order valence-corrected chi connectivity index (χ0v) is 42.5. The highest BCUT2D eigenvalue weighted by molar-refractivity contribution is 7.90. The number of amides is 1. The van der Waals surface area contributed by atoms with E-state index in [0.717, 1.165) is 24.2 Å². The van der Waals surface area contributed by atoms with Crippen LogP contribution < -0.4 is 24.6 Å². The van der Waals surface area contributed by atoms with Gasteiger partial charge in [-0.25, -0.2) is 43.8 Å². The molecule has 1 amide bonds. The van der Waals surface area contributed by atoms with Gasteiger partial charge in [0.15, 0.2) is 34.8 Å². The van der Waals surface area contributed by atoms with Gasteiger partial charge in [0.2, 0.25) is 20.0 Å². The van der Waals surface area contributed by atoms with Crippen molar-refractivity contribution in [1.29, 1.82) is 0 Å². The van der Waals surface area contributed by atoms with E-state index in [-0.39, 0.29) is 64.1 Å². The second-order valence-electron chi connectivity index (χ2n) is 19.5. The number of piperidine rings is 1. The minimum atomic E-state index is -4.59. The molecule has 2 N–H and O–H groups in total. The van der Waals surface area contributed by atoms with Crippen molar-refractivity contribution in [3.8, 4) is 11.5 Å². The van der Waals surface area contributed by atoms with Gasteiger partial charge in [-0.05, 0) is 104 Å². The van der Waals surface area contributed by atoms with Crippen LogP contribution in [0.25, 0.3) is 11.6 Å². The van der Waals surface area contributed by atoms with Crippen molar-refractivity contribution in [3.63, 3.8) is 0 Å². The molecule has 0 radical (unpaired) electrons. The highest BCUT2D eigenvalue weighted by Crippen LogP contribution is 2.50. The number of sulfonamides is 2. The predicted octanol–water partition coefficient (Wildman–Crippen LogP) is 9.45. The molecule has 11 nitrogen and oxygen atoms in total. The van der Waals surface area contributed by atoms with Crippen LogP contribution in [0.5, 0.6) is 11.5 Å². The molecule has 3 atom stereocenters. The maximum Gasteiger partial charge on any atom is 0.308 e. The summed E-state index contributed by atoms with van der Waals surface area (Å²) in [6.45, 7) is 12.7. The maximum absolute atomic E-state index is 17.4. The fourth-order valence-electron chi connectivity index (χ4n) is 10.3. The van der Waals surface area contributed by atoms with Gasteiger partial charge in [0.25, 0.3) is 5.91 Å². The lowest BCUT2D eigenvalue weighted by atomic mass is 9.79. The summed E-state index contributed by atoms with van der Waals surface area (Å²) in [7, 11) is -9.18. The quantitative estimate of drug-likeness (QED) is 0.0434. The Hall–Kier alpha value is -4.32. The van der Waals surface area contributed by atoms with Crippen LogP contribution in [0, 0.1) is 29.2 Å². The van der Waals surface area contributed by atoms with Crippen LogP contribution >= 0.6 is 0 Å². The molecular formula is C52H67F4N3O8S2. The highest BCUT2D eigenvalue weighted by Gasteiger charge is 2.43. The zero-order chi connectivity index (χ0) is 50.1. The molecule has 69 heavy (non-hydrogen) atoms. The van der Waals surface area contributed by atoms with Crippen molar-refractivity contribution in [2.45, 2.75) is 185 Å². The van der Waals surface area contributed by atoms with Crippen LogP contribution in [0.2, 0.25) is 0 Å². The molecule has 0 aromatic heterocycles. The molecule has 3 aromatic carbocycles. The van der Waals surface area contributed by atoms with Crippen LogP contribution in [-0.4, -0.2) is 64.9 Å². The van der Waals surface area contributed by atoms with E-state index in [2.05, 4.69) is 9.44 Å². The molecule has 0 bridgehead atoms. The second kappa shape index (κ2) is 21.6. The third-order valence-electron chi connectivity index (χ3n) is 14.3. The molecule has 1 saturated heterocycles. The monoisotopic (exact) mass is 1000 g/mol. The van der Waals surface area contributed by atoms with Crippen molar-refractivity contribution < 1.29 is 53.5 Å². The Labute approximate surface area is 404 Å². The van der Waals surface area contributed by atoms with Gasteiger partial charge in [-0.2, -0.15) is 0 Å². The molecule has 2 aliphatic heterocycles. The molecule has 3 aromatic rings. The highest BCUT2D eigenvalue weighted by atomic mass is 32.2. The molecule has 0 saturated carbocycles. The Morgan fingerprint density at radius 3 is 2.00 bits per heavy atom. The summed E-state index contributed by atoms with van der Waals surface area (Å²) >= 11 is 0. The summed E-state index contributed by atoms with van der Waals surface area (Å²) in [4.78, 5) is 27.8. The zero-order valence-electron chi connectivity index (χ0n) is 40.9. The van der Waals surface area contributed by atoms with Gasteiger partial charge < -0.3 is 14.4 Å². The van der Waals surface area contributed by atoms with Crippen LogP contribution in [-0.2, 0) is 42.4 Å². The Bertz CT molecular complexity index is 2850. The SMILES string of the molecule is CCCCC(CC)NS(=O)(=O)c1c2c(cc3c1Oc1c(S(=O)(=O)NC(CC)CCCC)c4c(cc1=C3c1c(F)c(F)c(F)c(F)c1C(=O)N1CCC(OC(=O)C(C)C)CC1)CCCC=4)C(C)CCC2. The van der Waals surface area contributed by atoms with E-state index < -0.39 is 107 Å². The number of rotatable bonds is 18. The van der Waals surface area contributed by atoms with E-state index in [1.54, 1.807) is 32.1 Å². The smallest absolute Gasteiger partial charge is 0.308 e. The van der Waals surface area contributed by atoms with Gasteiger partial charge in [0, 0.05) is 59.9 Å². The van der Waals surface area contributed by atoms with Crippen LogP contribution in [0.1, 0.15) is 182 Å². The topological polar surface area (TPSA) is 148 Å². The number of fused-ring (bicyclic) bond motifs is 4. The molecule has 4 aliphatic rings. The summed E-state index contributed by atoms with van der Waals surface area (Å²) < 4.78 is 145. The average Bonchev–Trinajstić information content (AvgIpc) is 3.32. The fourth-order valence-corrected chi connectivity index (χ4v) is 13.8. The largest absolute Gasteiger partial charge is 0.462 e. The Balaban J connectivity index is 1.61. The molecule has 1 fully saturated rings. The molecule has 7 rings (SSSR count). The lowest BCUT2D eigenvalue weighted by Crippen LogP contribution is -2.43. The second-order valence-corrected chi connectivity index (χ2v) is 22.8. The number of ether oxygens (including phenoxy) is 2. The minimum Gasteiger partial charge on any atom is -0.462 e. The molecule has 17 heteroatoms. The van der Waals surface area contributed by atoms with E-state index in [1.165, 1.54) is 0 Å². The van der Waals surface area contributed by atoms with E-state index >= 15 is 34.4 Å². The number of hydrogen-bond acceptors (Lipinski definition) is 8. The van der Waals surface area contributed by atoms with Gasteiger partial charge in [0.1, 0.15) is 15.9 Å². The van der Waals surface area contributed by atoms with E-state index in [9.17, 15) is 9.59 Å².